The summed E-state index contributed by atoms with van der Waals surface area (Å²) < 4.78 is 17.4. The molecule has 4 heteroatoms. The van der Waals surface area contributed by atoms with E-state index in [-0.39, 0.29) is 0 Å². The third-order valence-corrected chi connectivity index (χ3v) is 13.8. The molecule has 3 nitrogen and oxygen atoms in total. The molecule has 3 aliphatic rings. The molecule has 3 aliphatic heterocycles. The first-order chi connectivity index (χ1) is 17.9. The summed E-state index contributed by atoms with van der Waals surface area (Å²) in [6.45, 7) is 0. The van der Waals surface area contributed by atoms with E-state index >= 15 is 0 Å². The Hall–Kier alpha value is -4.22. The van der Waals surface area contributed by atoms with Crippen molar-refractivity contribution in [2.24, 2.45) is 0 Å². The molecule has 0 saturated heterocycles. The quantitative estimate of drug-likeness (QED) is 0.230. The summed E-state index contributed by atoms with van der Waals surface area (Å²) in [6, 6.07) is 38.9. The molecular weight excluding hydrogens is 503 g/mol. The Morgan fingerprint density at radius 1 is 0.472 bits per heavy atom. The van der Waals surface area contributed by atoms with Crippen LogP contribution < -0.4 is 27.6 Å². The van der Waals surface area contributed by atoms with Crippen molar-refractivity contribution in [3.63, 3.8) is 0 Å². The standard InChI is InChI=1S/C32H18GeNO2/c1-2-11-21(12-3-1)34-31-22-13-6-4-9-19(22)17-26-29(31)33-28-24(35-26)15-8-16-25(28)36-27-18-20-10-5-7-14-23(20)32(34)30(27)33/h1-18H. The Labute approximate surface area is 212 Å². The van der Waals surface area contributed by atoms with Gasteiger partial charge in [-0.3, -0.25) is 0 Å². The van der Waals surface area contributed by atoms with Crippen molar-refractivity contribution in [2.45, 2.75) is 0 Å². The fraction of sp³-hybridized carbons (Fsp3) is 0. The molecule has 0 bridgehead atoms. The number of para-hydroxylation sites is 1. The molecule has 0 aliphatic carbocycles. The first kappa shape index (κ1) is 19.0. The molecule has 0 N–H and O–H groups in total. The van der Waals surface area contributed by atoms with Crippen LogP contribution in [0.5, 0.6) is 23.0 Å². The van der Waals surface area contributed by atoms with Crippen molar-refractivity contribution in [1.29, 1.82) is 0 Å². The van der Waals surface area contributed by atoms with E-state index in [0.717, 1.165) is 28.7 Å². The fourth-order valence-corrected chi connectivity index (χ4v) is 13.0. The molecule has 0 atom stereocenters. The van der Waals surface area contributed by atoms with Gasteiger partial charge in [-0.2, -0.15) is 0 Å². The van der Waals surface area contributed by atoms with Crippen LogP contribution in [0.4, 0.5) is 17.1 Å². The van der Waals surface area contributed by atoms with Crippen LogP contribution in [0.1, 0.15) is 0 Å². The number of anilines is 3. The minimum atomic E-state index is -2.28. The van der Waals surface area contributed by atoms with E-state index in [4.69, 9.17) is 9.47 Å². The maximum absolute atomic E-state index is 6.66. The predicted octanol–water partition coefficient (Wildman–Crippen LogP) is 6.50. The van der Waals surface area contributed by atoms with Crippen LogP contribution in [-0.2, 0) is 0 Å². The summed E-state index contributed by atoms with van der Waals surface area (Å²) in [7, 11) is 0. The predicted molar refractivity (Wildman–Crippen MR) is 147 cm³/mol. The van der Waals surface area contributed by atoms with Gasteiger partial charge in [0.1, 0.15) is 0 Å². The van der Waals surface area contributed by atoms with E-state index in [0.29, 0.717) is 0 Å². The number of hydrogen-bond donors (Lipinski definition) is 0. The molecule has 9 rings (SSSR count). The molecular formula is C32H18GeNO2. The topological polar surface area (TPSA) is 21.7 Å². The van der Waals surface area contributed by atoms with Gasteiger partial charge in [0, 0.05) is 0 Å². The van der Waals surface area contributed by atoms with Crippen molar-refractivity contribution in [3.8, 4) is 23.0 Å². The van der Waals surface area contributed by atoms with Crippen LogP contribution in [0.2, 0.25) is 0 Å². The average Bonchev–Trinajstić information content (AvgIpc) is 2.93. The van der Waals surface area contributed by atoms with Crippen molar-refractivity contribution < 1.29 is 9.47 Å². The zero-order valence-electron chi connectivity index (χ0n) is 19.2. The van der Waals surface area contributed by atoms with Gasteiger partial charge >= 0.3 is 213 Å². The zero-order chi connectivity index (χ0) is 23.4. The summed E-state index contributed by atoms with van der Waals surface area (Å²) in [5.74, 6) is 3.90. The molecule has 0 spiro atoms. The molecule has 6 aromatic rings. The number of ether oxygens (including phenoxy) is 2. The van der Waals surface area contributed by atoms with E-state index in [1.807, 2.05) is 6.07 Å². The van der Waals surface area contributed by atoms with E-state index in [9.17, 15) is 0 Å². The molecule has 3 heterocycles. The van der Waals surface area contributed by atoms with E-state index < -0.39 is 14.3 Å². The Bertz CT molecular complexity index is 1800. The number of hydrogen-bond acceptors (Lipinski definition) is 3. The molecule has 6 aromatic carbocycles. The molecule has 0 aromatic heterocycles. The van der Waals surface area contributed by atoms with Gasteiger partial charge in [-0.05, 0) is 0 Å². The number of rotatable bonds is 1. The maximum atomic E-state index is 6.66. The molecule has 0 amide bonds. The van der Waals surface area contributed by atoms with Gasteiger partial charge in [-0.25, -0.2) is 0 Å². The van der Waals surface area contributed by atoms with Gasteiger partial charge in [-0.1, -0.05) is 0 Å². The summed E-state index contributed by atoms with van der Waals surface area (Å²) in [5, 5.41) is 4.91. The Morgan fingerprint density at radius 2 is 1.00 bits per heavy atom. The summed E-state index contributed by atoms with van der Waals surface area (Å²) in [6.07, 6.45) is 0. The van der Waals surface area contributed by atoms with Gasteiger partial charge in [0.15, 0.2) is 0 Å². The number of fused-ring (bicyclic) bond motifs is 4. The molecule has 167 valence electrons. The summed E-state index contributed by atoms with van der Waals surface area (Å²) in [4.78, 5) is 2.48. The Kier molecular flexibility index (Phi) is 3.55. The van der Waals surface area contributed by atoms with Crippen LogP contribution in [0.3, 0.4) is 0 Å². The van der Waals surface area contributed by atoms with Crippen LogP contribution in [0.25, 0.3) is 21.5 Å². The Morgan fingerprint density at radius 3 is 1.58 bits per heavy atom. The van der Waals surface area contributed by atoms with E-state index in [1.54, 1.807) is 0 Å². The molecule has 0 fully saturated rings. The van der Waals surface area contributed by atoms with Crippen molar-refractivity contribution in [2.75, 3.05) is 4.90 Å². The first-order valence-corrected chi connectivity index (χ1v) is 15.3. The SMILES string of the molecule is c1ccc(N2c3[c]4c(cc5ccccc35)Oc3cccc5[c]3[Ge]4[c]3c(cc4ccccc4c32)O5)cc1. The van der Waals surface area contributed by atoms with E-state index in [1.165, 1.54) is 46.1 Å². The summed E-state index contributed by atoms with van der Waals surface area (Å²) >= 11 is -2.28. The second-order valence-corrected chi connectivity index (χ2v) is 14.2. The van der Waals surface area contributed by atoms with Gasteiger partial charge in [0.2, 0.25) is 0 Å². The average molecular weight is 521 g/mol. The molecule has 0 unspecified atom stereocenters. The van der Waals surface area contributed by atoms with Crippen molar-refractivity contribution in [1.82, 2.24) is 0 Å². The molecule has 0 saturated carbocycles. The van der Waals surface area contributed by atoms with Crippen molar-refractivity contribution >= 4 is 66.1 Å². The second-order valence-electron chi connectivity index (χ2n) is 9.52. The molecule has 1 radical (unpaired) electrons. The normalized spacial score (nSPS) is 14.4. The van der Waals surface area contributed by atoms with E-state index in [2.05, 4.69) is 108 Å². The van der Waals surface area contributed by atoms with Crippen LogP contribution in [-0.4, -0.2) is 14.3 Å². The zero-order valence-corrected chi connectivity index (χ0v) is 21.3. The number of benzene rings is 6. The fourth-order valence-electron chi connectivity index (χ4n) is 6.20. The summed E-state index contributed by atoms with van der Waals surface area (Å²) in [5.41, 5.74) is 3.68. The van der Waals surface area contributed by atoms with Gasteiger partial charge in [0.05, 0.1) is 0 Å². The number of nitrogens with zero attached hydrogens (tertiary/aromatic N) is 1. The van der Waals surface area contributed by atoms with Crippen LogP contribution in [0, 0.1) is 0 Å². The minimum absolute atomic E-state index is 0.953. The second kappa shape index (κ2) is 6.71. The van der Waals surface area contributed by atoms with Crippen LogP contribution in [0.15, 0.2) is 109 Å². The van der Waals surface area contributed by atoms with Gasteiger partial charge in [-0.15, -0.1) is 0 Å². The third-order valence-electron chi connectivity index (χ3n) is 7.61. The molecule has 36 heavy (non-hydrogen) atoms. The van der Waals surface area contributed by atoms with Gasteiger partial charge < -0.3 is 0 Å². The third kappa shape index (κ3) is 2.29. The van der Waals surface area contributed by atoms with Crippen molar-refractivity contribution in [3.05, 3.63) is 109 Å². The monoisotopic (exact) mass is 522 g/mol. The Balaban J connectivity index is 1.54. The first-order valence-electron chi connectivity index (χ1n) is 12.2. The van der Waals surface area contributed by atoms with Gasteiger partial charge in [0.25, 0.3) is 0 Å². The van der Waals surface area contributed by atoms with Crippen LogP contribution >= 0.6 is 0 Å².